The van der Waals surface area contributed by atoms with Gasteiger partial charge >= 0.3 is 0 Å². The Kier molecular flexibility index (Phi) is 3.09. The zero-order chi connectivity index (χ0) is 13.2. The second-order valence-electron chi connectivity index (χ2n) is 4.33. The van der Waals surface area contributed by atoms with E-state index in [-0.39, 0.29) is 0 Å². The summed E-state index contributed by atoms with van der Waals surface area (Å²) in [5.74, 6) is 0.819. The van der Waals surface area contributed by atoms with Crippen LogP contribution in [0.25, 0.3) is 10.2 Å². The number of rotatable bonds is 3. The fraction of sp³-hybridized carbons (Fsp3) is 0.133. The smallest absolute Gasteiger partial charge is 0.140 e. The molecule has 3 aromatic rings. The minimum absolute atomic E-state index is 0.476. The lowest BCUT2D eigenvalue weighted by molar-refractivity contribution is 0.304. The van der Waals surface area contributed by atoms with E-state index in [0.29, 0.717) is 6.61 Å². The zero-order valence-electron chi connectivity index (χ0n) is 10.6. The number of nitrogens with zero attached hydrogens (tertiary/aromatic N) is 1. The number of nitrogens with two attached hydrogens (primary N) is 1. The highest BCUT2D eigenvalue weighted by Crippen LogP contribution is 2.26. The van der Waals surface area contributed by atoms with Crippen molar-refractivity contribution in [3.63, 3.8) is 0 Å². The Hall–Kier alpha value is -2.07. The molecule has 96 valence electrons. The molecule has 19 heavy (non-hydrogen) atoms. The van der Waals surface area contributed by atoms with E-state index < -0.39 is 0 Å². The van der Waals surface area contributed by atoms with Crippen molar-refractivity contribution in [1.82, 2.24) is 4.98 Å². The van der Waals surface area contributed by atoms with Gasteiger partial charge in [-0.3, -0.25) is 0 Å². The summed E-state index contributed by atoms with van der Waals surface area (Å²) < 4.78 is 6.99. The molecule has 3 rings (SSSR count). The molecule has 0 saturated carbocycles. The van der Waals surface area contributed by atoms with Crippen LogP contribution in [0.1, 0.15) is 10.6 Å². The maximum atomic E-state index is 5.86. The molecule has 0 spiro atoms. The van der Waals surface area contributed by atoms with Crippen molar-refractivity contribution in [2.75, 3.05) is 5.73 Å². The van der Waals surface area contributed by atoms with Crippen LogP contribution < -0.4 is 10.5 Å². The molecular weight excluding hydrogens is 256 g/mol. The highest BCUT2D eigenvalue weighted by atomic mass is 32.1. The van der Waals surface area contributed by atoms with Crippen molar-refractivity contribution >= 4 is 27.2 Å². The Balaban J connectivity index is 1.80. The molecular formula is C15H14N2OS. The number of fused-ring (bicyclic) bond motifs is 1. The average molecular weight is 270 g/mol. The van der Waals surface area contributed by atoms with Crippen LogP contribution in [0.3, 0.4) is 0 Å². The molecule has 0 unspecified atom stereocenters. The van der Waals surface area contributed by atoms with E-state index in [1.807, 2.05) is 43.3 Å². The van der Waals surface area contributed by atoms with Crippen molar-refractivity contribution in [3.8, 4) is 5.75 Å². The van der Waals surface area contributed by atoms with Crippen molar-refractivity contribution in [1.29, 1.82) is 0 Å². The normalized spacial score (nSPS) is 10.8. The summed E-state index contributed by atoms with van der Waals surface area (Å²) in [6.07, 6.45) is 0. The first kappa shape index (κ1) is 12.0. The molecule has 0 saturated heterocycles. The molecule has 0 aliphatic rings. The number of para-hydroxylation sites is 1. The molecule has 3 nitrogen and oxygen atoms in total. The van der Waals surface area contributed by atoms with Crippen LogP contribution in [0.2, 0.25) is 0 Å². The number of thiazole rings is 1. The second-order valence-corrected chi connectivity index (χ2v) is 5.45. The van der Waals surface area contributed by atoms with Gasteiger partial charge in [0, 0.05) is 11.3 Å². The molecule has 0 amide bonds. The fourth-order valence-corrected chi connectivity index (χ4v) is 2.79. The van der Waals surface area contributed by atoms with Gasteiger partial charge in [-0.15, -0.1) is 11.3 Å². The van der Waals surface area contributed by atoms with Gasteiger partial charge in [0.05, 0.1) is 10.2 Å². The molecule has 4 heteroatoms. The standard InChI is InChI=1S/C15H14N2OS/c1-10-11(16)5-4-7-13(10)18-9-15-17-12-6-2-3-8-14(12)19-15/h2-8H,9,16H2,1H3. The minimum Gasteiger partial charge on any atom is -0.486 e. The molecule has 1 aromatic heterocycles. The molecule has 2 aromatic carbocycles. The molecule has 0 atom stereocenters. The molecule has 0 aliphatic carbocycles. The van der Waals surface area contributed by atoms with Crippen LogP contribution >= 0.6 is 11.3 Å². The van der Waals surface area contributed by atoms with Gasteiger partial charge in [0.1, 0.15) is 17.4 Å². The quantitative estimate of drug-likeness (QED) is 0.737. The monoisotopic (exact) mass is 270 g/mol. The van der Waals surface area contributed by atoms with E-state index in [4.69, 9.17) is 10.5 Å². The summed E-state index contributed by atoms with van der Waals surface area (Å²) in [7, 11) is 0. The summed E-state index contributed by atoms with van der Waals surface area (Å²) in [5.41, 5.74) is 8.61. The van der Waals surface area contributed by atoms with Gasteiger partial charge < -0.3 is 10.5 Å². The number of anilines is 1. The van der Waals surface area contributed by atoms with Gasteiger partial charge in [-0.25, -0.2) is 4.98 Å². The van der Waals surface area contributed by atoms with Crippen LogP contribution in [0.5, 0.6) is 5.75 Å². The van der Waals surface area contributed by atoms with Gasteiger partial charge in [-0.05, 0) is 31.2 Å². The number of nitrogen functional groups attached to an aromatic ring is 1. The lowest BCUT2D eigenvalue weighted by Crippen LogP contribution is -1.98. The van der Waals surface area contributed by atoms with Gasteiger partial charge in [0.15, 0.2) is 0 Å². The van der Waals surface area contributed by atoms with Gasteiger partial charge in [-0.2, -0.15) is 0 Å². The van der Waals surface area contributed by atoms with Crippen molar-refractivity contribution in [2.45, 2.75) is 13.5 Å². The molecule has 0 bridgehead atoms. The van der Waals surface area contributed by atoms with Crippen molar-refractivity contribution < 1.29 is 4.74 Å². The van der Waals surface area contributed by atoms with E-state index in [0.717, 1.165) is 27.5 Å². The predicted molar refractivity (Wildman–Crippen MR) is 79.5 cm³/mol. The van der Waals surface area contributed by atoms with Crippen LogP contribution in [-0.2, 0) is 6.61 Å². The summed E-state index contributed by atoms with van der Waals surface area (Å²) in [5, 5.41) is 0.975. The van der Waals surface area contributed by atoms with E-state index in [2.05, 4.69) is 11.1 Å². The summed E-state index contributed by atoms with van der Waals surface area (Å²) in [6, 6.07) is 13.8. The lowest BCUT2D eigenvalue weighted by atomic mass is 10.2. The molecule has 1 heterocycles. The topological polar surface area (TPSA) is 48.1 Å². The third kappa shape index (κ3) is 2.39. The van der Waals surface area contributed by atoms with Crippen molar-refractivity contribution in [2.24, 2.45) is 0 Å². The molecule has 2 N–H and O–H groups in total. The van der Waals surface area contributed by atoms with E-state index in [1.54, 1.807) is 11.3 Å². The largest absolute Gasteiger partial charge is 0.486 e. The number of hydrogen-bond acceptors (Lipinski definition) is 4. The molecule has 0 aliphatic heterocycles. The Morgan fingerprint density at radius 2 is 2.00 bits per heavy atom. The summed E-state index contributed by atoms with van der Waals surface area (Å²) in [6.45, 7) is 2.44. The average Bonchev–Trinajstić information content (AvgIpc) is 2.83. The Bertz CT molecular complexity index is 688. The molecule has 0 radical (unpaired) electrons. The van der Waals surface area contributed by atoms with Crippen LogP contribution in [0.4, 0.5) is 5.69 Å². The second kappa shape index (κ2) is 4.90. The van der Waals surface area contributed by atoms with Gasteiger partial charge in [0.25, 0.3) is 0 Å². The van der Waals surface area contributed by atoms with Crippen LogP contribution in [0, 0.1) is 6.92 Å². The Morgan fingerprint density at radius 1 is 1.16 bits per heavy atom. The number of hydrogen-bond donors (Lipinski definition) is 1. The maximum absolute atomic E-state index is 5.86. The number of ether oxygens (including phenoxy) is 1. The van der Waals surface area contributed by atoms with Crippen molar-refractivity contribution in [3.05, 3.63) is 53.0 Å². The maximum Gasteiger partial charge on any atom is 0.140 e. The third-order valence-corrected chi connectivity index (χ3v) is 4.03. The molecule has 0 fully saturated rings. The first-order valence-corrected chi connectivity index (χ1v) is 6.88. The van der Waals surface area contributed by atoms with E-state index in [9.17, 15) is 0 Å². The number of benzene rings is 2. The first-order valence-electron chi connectivity index (χ1n) is 6.06. The number of aromatic nitrogens is 1. The SMILES string of the molecule is Cc1c(N)cccc1OCc1nc2ccccc2s1. The fourth-order valence-electron chi connectivity index (χ4n) is 1.91. The highest BCUT2D eigenvalue weighted by molar-refractivity contribution is 7.18. The minimum atomic E-state index is 0.476. The Labute approximate surface area is 115 Å². The van der Waals surface area contributed by atoms with Gasteiger partial charge in [0.2, 0.25) is 0 Å². The van der Waals surface area contributed by atoms with E-state index in [1.165, 1.54) is 4.70 Å². The van der Waals surface area contributed by atoms with E-state index >= 15 is 0 Å². The predicted octanol–water partition coefficient (Wildman–Crippen LogP) is 3.77. The first-order chi connectivity index (χ1) is 9.24. The zero-order valence-corrected chi connectivity index (χ0v) is 11.4. The van der Waals surface area contributed by atoms with Crippen LogP contribution in [0.15, 0.2) is 42.5 Å². The highest BCUT2D eigenvalue weighted by Gasteiger charge is 2.06. The Morgan fingerprint density at radius 3 is 2.84 bits per heavy atom. The summed E-state index contributed by atoms with van der Waals surface area (Å²) in [4.78, 5) is 4.54. The summed E-state index contributed by atoms with van der Waals surface area (Å²) >= 11 is 1.66. The third-order valence-electron chi connectivity index (χ3n) is 3.02. The lowest BCUT2D eigenvalue weighted by Gasteiger charge is -2.08. The van der Waals surface area contributed by atoms with Crippen LogP contribution in [-0.4, -0.2) is 4.98 Å². The van der Waals surface area contributed by atoms with Gasteiger partial charge in [-0.1, -0.05) is 18.2 Å².